The van der Waals surface area contributed by atoms with E-state index in [0.717, 1.165) is 43.2 Å². The van der Waals surface area contributed by atoms with Gasteiger partial charge in [0.1, 0.15) is 5.75 Å². The standard InChI is InChI=1S/C20H23Cl2N3O2/c1-14-6-7-17(21)20(19(14)22)23-18(26)13-24-8-10-25(11-9-24)15-4-3-5-16(12-15)27-2/h3-7,12H,8-11,13H2,1-2H3,(H,23,26). The van der Waals surface area contributed by atoms with E-state index in [1.54, 1.807) is 13.2 Å². The maximum absolute atomic E-state index is 12.4. The van der Waals surface area contributed by atoms with Crippen LogP contribution in [0.15, 0.2) is 36.4 Å². The van der Waals surface area contributed by atoms with Gasteiger partial charge in [-0.15, -0.1) is 0 Å². The number of methoxy groups -OCH3 is 1. The van der Waals surface area contributed by atoms with E-state index < -0.39 is 0 Å². The molecule has 1 heterocycles. The van der Waals surface area contributed by atoms with Gasteiger partial charge in [0.2, 0.25) is 5.91 Å². The summed E-state index contributed by atoms with van der Waals surface area (Å²) in [6.45, 7) is 5.51. The maximum atomic E-state index is 12.4. The zero-order valence-electron chi connectivity index (χ0n) is 15.5. The first-order valence-corrected chi connectivity index (χ1v) is 9.59. The van der Waals surface area contributed by atoms with Crippen LogP contribution in [0.1, 0.15) is 5.56 Å². The smallest absolute Gasteiger partial charge is 0.238 e. The van der Waals surface area contributed by atoms with Crippen molar-refractivity contribution in [3.8, 4) is 5.75 Å². The summed E-state index contributed by atoms with van der Waals surface area (Å²) in [7, 11) is 1.67. The van der Waals surface area contributed by atoms with Crippen molar-refractivity contribution in [2.24, 2.45) is 0 Å². The molecule has 0 aliphatic carbocycles. The van der Waals surface area contributed by atoms with E-state index in [9.17, 15) is 4.79 Å². The second-order valence-corrected chi connectivity index (χ2v) is 7.35. The van der Waals surface area contributed by atoms with Crippen LogP contribution >= 0.6 is 23.2 Å². The molecule has 2 aromatic carbocycles. The van der Waals surface area contributed by atoms with Crippen LogP contribution in [-0.2, 0) is 4.79 Å². The van der Waals surface area contributed by atoms with Crippen molar-refractivity contribution in [1.82, 2.24) is 4.90 Å². The average molecular weight is 408 g/mol. The van der Waals surface area contributed by atoms with E-state index in [4.69, 9.17) is 27.9 Å². The molecule has 0 radical (unpaired) electrons. The van der Waals surface area contributed by atoms with Gasteiger partial charge in [-0.3, -0.25) is 9.69 Å². The van der Waals surface area contributed by atoms with Gasteiger partial charge in [-0.1, -0.05) is 35.3 Å². The molecule has 1 N–H and O–H groups in total. The Bertz CT molecular complexity index is 821. The first kappa shape index (κ1) is 19.8. The van der Waals surface area contributed by atoms with Crippen LogP contribution < -0.4 is 15.0 Å². The molecule has 0 saturated carbocycles. The summed E-state index contributed by atoms with van der Waals surface area (Å²) >= 11 is 12.4. The third-order valence-electron chi connectivity index (χ3n) is 4.71. The highest BCUT2D eigenvalue weighted by atomic mass is 35.5. The number of benzene rings is 2. The van der Waals surface area contributed by atoms with Crippen molar-refractivity contribution in [1.29, 1.82) is 0 Å². The van der Waals surface area contributed by atoms with Gasteiger partial charge in [0, 0.05) is 37.9 Å². The molecule has 1 amide bonds. The van der Waals surface area contributed by atoms with Crippen LogP contribution in [0.5, 0.6) is 5.75 Å². The lowest BCUT2D eigenvalue weighted by Gasteiger charge is -2.35. The van der Waals surface area contributed by atoms with Crippen LogP contribution in [0.4, 0.5) is 11.4 Å². The molecule has 1 aliphatic heterocycles. The molecule has 0 unspecified atom stereocenters. The van der Waals surface area contributed by atoms with E-state index in [-0.39, 0.29) is 5.91 Å². The summed E-state index contributed by atoms with van der Waals surface area (Å²) in [5.74, 6) is 0.737. The third-order valence-corrected chi connectivity index (χ3v) is 5.51. The number of aryl methyl sites for hydroxylation is 1. The molecule has 0 bridgehead atoms. The number of rotatable bonds is 5. The Balaban J connectivity index is 1.55. The van der Waals surface area contributed by atoms with Crippen LogP contribution in [-0.4, -0.2) is 50.6 Å². The van der Waals surface area contributed by atoms with Gasteiger partial charge in [0.05, 0.1) is 29.4 Å². The van der Waals surface area contributed by atoms with Gasteiger partial charge < -0.3 is 15.0 Å². The molecule has 7 heteroatoms. The first-order valence-electron chi connectivity index (χ1n) is 8.83. The monoisotopic (exact) mass is 407 g/mol. The lowest BCUT2D eigenvalue weighted by molar-refractivity contribution is -0.117. The summed E-state index contributed by atoms with van der Waals surface area (Å²) in [5.41, 5.74) is 2.50. The lowest BCUT2D eigenvalue weighted by atomic mass is 10.2. The first-order chi connectivity index (χ1) is 13.0. The number of hydrogen-bond donors (Lipinski definition) is 1. The SMILES string of the molecule is COc1cccc(N2CCN(CC(=O)Nc3c(Cl)ccc(C)c3Cl)CC2)c1. The molecule has 144 valence electrons. The summed E-state index contributed by atoms with van der Waals surface area (Å²) in [4.78, 5) is 16.9. The Kier molecular flexibility index (Phi) is 6.47. The van der Waals surface area contributed by atoms with Gasteiger partial charge in [0.25, 0.3) is 0 Å². The Morgan fingerprint density at radius 3 is 2.59 bits per heavy atom. The Morgan fingerprint density at radius 2 is 1.89 bits per heavy atom. The number of carbonyl (C=O) groups is 1. The topological polar surface area (TPSA) is 44.8 Å². The Labute approximate surface area is 169 Å². The predicted molar refractivity (Wildman–Crippen MR) is 111 cm³/mol. The summed E-state index contributed by atoms with van der Waals surface area (Å²) in [6, 6.07) is 11.6. The minimum absolute atomic E-state index is 0.112. The van der Waals surface area contributed by atoms with Gasteiger partial charge in [-0.25, -0.2) is 0 Å². The fourth-order valence-electron chi connectivity index (χ4n) is 3.12. The van der Waals surface area contributed by atoms with E-state index in [1.165, 1.54) is 0 Å². The number of hydrogen-bond acceptors (Lipinski definition) is 4. The normalized spacial score (nSPS) is 14.9. The minimum Gasteiger partial charge on any atom is -0.497 e. The Morgan fingerprint density at radius 1 is 1.15 bits per heavy atom. The number of amides is 1. The lowest BCUT2D eigenvalue weighted by Crippen LogP contribution is -2.48. The van der Waals surface area contributed by atoms with E-state index >= 15 is 0 Å². The van der Waals surface area contributed by atoms with Crippen molar-refractivity contribution < 1.29 is 9.53 Å². The number of carbonyl (C=O) groups excluding carboxylic acids is 1. The van der Waals surface area contributed by atoms with Crippen molar-refractivity contribution in [3.63, 3.8) is 0 Å². The zero-order chi connectivity index (χ0) is 19.4. The quantitative estimate of drug-likeness (QED) is 0.810. The number of nitrogens with zero attached hydrogens (tertiary/aromatic N) is 2. The van der Waals surface area contributed by atoms with Crippen molar-refractivity contribution in [3.05, 3.63) is 52.0 Å². The molecular weight excluding hydrogens is 385 g/mol. The van der Waals surface area contributed by atoms with Gasteiger partial charge in [-0.05, 0) is 30.7 Å². The highest BCUT2D eigenvalue weighted by Crippen LogP contribution is 2.32. The molecule has 0 atom stereocenters. The number of ether oxygens (including phenoxy) is 1. The fourth-order valence-corrected chi connectivity index (χ4v) is 3.59. The molecule has 0 aromatic heterocycles. The van der Waals surface area contributed by atoms with Crippen LogP contribution in [0.25, 0.3) is 0 Å². The molecule has 1 aliphatic rings. The van der Waals surface area contributed by atoms with Gasteiger partial charge in [0.15, 0.2) is 0 Å². The van der Waals surface area contributed by atoms with Crippen molar-refractivity contribution >= 4 is 40.5 Å². The molecule has 1 fully saturated rings. The third kappa shape index (κ3) is 4.86. The van der Waals surface area contributed by atoms with Crippen LogP contribution in [0.3, 0.4) is 0 Å². The number of piperazine rings is 1. The van der Waals surface area contributed by atoms with E-state index in [1.807, 2.05) is 31.2 Å². The molecule has 2 aromatic rings. The maximum Gasteiger partial charge on any atom is 0.238 e. The molecular formula is C20H23Cl2N3O2. The minimum atomic E-state index is -0.112. The second kappa shape index (κ2) is 8.83. The summed E-state index contributed by atoms with van der Waals surface area (Å²) < 4.78 is 5.29. The van der Waals surface area contributed by atoms with Crippen LogP contribution in [0, 0.1) is 6.92 Å². The molecule has 1 saturated heterocycles. The number of nitrogens with one attached hydrogen (secondary N) is 1. The van der Waals surface area contributed by atoms with E-state index in [2.05, 4.69) is 21.2 Å². The molecule has 27 heavy (non-hydrogen) atoms. The Hall–Kier alpha value is -1.95. The molecule has 3 rings (SSSR count). The average Bonchev–Trinajstić information content (AvgIpc) is 2.69. The predicted octanol–water partition coefficient (Wildman–Crippen LogP) is 4.07. The highest BCUT2D eigenvalue weighted by Gasteiger charge is 2.20. The fraction of sp³-hybridized carbons (Fsp3) is 0.350. The summed E-state index contributed by atoms with van der Waals surface area (Å²) in [6.07, 6.45) is 0. The second-order valence-electron chi connectivity index (χ2n) is 6.57. The van der Waals surface area contributed by atoms with Crippen LogP contribution in [0.2, 0.25) is 10.0 Å². The van der Waals surface area contributed by atoms with Gasteiger partial charge >= 0.3 is 0 Å². The largest absolute Gasteiger partial charge is 0.497 e. The molecule has 5 nitrogen and oxygen atoms in total. The van der Waals surface area contributed by atoms with E-state index in [0.29, 0.717) is 22.3 Å². The number of halogens is 2. The van der Waals surface area contributed by atoms with Crippen molar-refractivity contribution in [2.45, 2.75) is 6.92 Å². The molecule has 0 spiro atoms. The zero-order valence-corrected chi connectivity index (χ0v) is 17.0. The number of anilines is 2. The van der Waals surface area contributed by atoms with Crippen molar-refractivity contribution in [2.75, 3.05) is 50.1 Å². The summed E-state index contributed by atoms with van der Waals surface area (Å²) in [5, 5.41) is 3.78. The highest BCUT2D eigenvalue weighted by molar-refractivity contribution is 6.40. The van der Waals surface area contributed by atoms with Gasteiger partial charge in [-0.2, -0.15) is 0 Å².